The van der Waals surface area contributed by atoms with Crippen LogP contribution in [-0.2, 0) is 9.59 Å². The summed E-state index contributed by atoms with van der Waals surface area (Å²) in [5.74, 6) is -2.14. The number of nitrogens with two attached hydrogens (primary N) is 2. The van der Waals surface area contributed by atoms with Crippen molar-refractivity contribution in [3.8, 4) is 0 Å². The first-order valence-electron chi connectivity index (χ1n) is 4.76. The first-order valence-corrected chi connectivity index (χ1v) is 4.76. The lowest BCUT2D eigenvalue weighted by Gasteiger charge is -2.32. The van der Waals surface area contributed by atoms with Gasteiger partial charge in [0.25, 0.3) is 0 Å². The number of hydrogen-bond donors (Lipinski definition) is 3. The van der Waals surface area contributed by atoms with Crippen molar-refractivity contribution in [3.05, 3.63) is 0 Å². The topological polar surface area (TPSA) is 98.2 Å². The maximum atomic E-state index is 12.4. The number of carbonyl (C=O) groups excluding carboxylic acids is 2. The lowest BCUT2D eigenvalue weighted by molar-refractivity contribution is -0.188. The highest BCUT2D eigenvalue weighted by atomic mass is 19.4. The molecule has 0 spiro atoms. The Morgan fingerprint density at radius 2 is 1.59 bits per heavy atom. The summed E-state index contributed by atoms with van der Waals surface area (Å²) >= 11 is 0. The van der Waals surface area contributed by atoms with Gasteiger partial charge in [-0.2, -0.15) is 13.2 Å². The average molecular weight is 255 g/mol. The highest BCUT2D eigenvalue weighted by Crippen LogP contribution is 2.28. The van der Waals surface area contributed by atoms with Crippen LogP contribution in [0.5, 0.6) is 0 Å². The summed E-state index contributed by atoms with van der Waals surface area (Å²) in [5, 5.41) is 2.05. The molecule has 1 unspecified atom stereocenters. The number of halogens is 3. The molecule has 0 bridgehead atoms. The number of nitrogens with one attached hydrogen (secondary N) is 1. The predicted octanol–water partition coefficient (Wildman–Crippen LogP) is 0.0363. The summed E-state index contributed by atoms with van der Waals surface area (Å²) in [4.78, 5) is 22.1. The van der Waals surface area contributed by atoms with Crippen LogP contribution >= 0.6 is 0 Å². The van der Waals surface area contributed by atoms with Crippen LogP contribution in [0.1, 0.15) is 27.2 Å². The summed E-state index contributed by atoms with van der Waals surface area (Å²) in [7, 11) is 0. The highest BCUT2D eigenvalue weighted by molar-refractivity contribution is 5.88. The van der Waals surface area contributed by atoms with Gasteiger partial charge in [0, 0.05) is 12.0 Å². The lowest BCUT2D eigenvalue weighted by Crippen LogP contribution is -2.64. The van der Waals surface area contributed by atoms with E-state index in [1.54, 1.807) is 0 Å². The minimum absolute atomic E-state index is 0.285. The molecule has 0 rings (SSSR count). The molecule has 0 saturated heterocycles. The first kappa shape index (κ1) is 15.7. The Bertz CT molecular complexity index is 324. The van der Waals surface area contributed by atoms with Crippen LogP contribution in [0.15, 0.2) is 0 Å². The fourth-order valence-corrected chi connectivity index (χ4v) is 1.05. The van der Waals surface area contributed by atoms with Gasteiger partial charge in [0.05, 0.1) is 0 Å². The summed E-state index contributed by atoms with van der Waals surface area (Å²) in [5.41, 5.74) is 5.63. The van der Waals surface area contributed by atoms with E-state index in [-0.39, 0.29) is 6.42 Å². The Hall–Kier alpha value is -1.31. The van der Waals surface area contributed by atoms with E-state index in [1.165, 1.54) is 13.8 Å². The van der Waals surface area contributed by atoms with Crippen LogP contribution < -0.4 is 16.8 Å². The fourth-order valence-electron chi connectivity index (χ4n) is 1.05. The Labute approximate surface area is 96.7 Å². The Morgan fingerprint density at radius 3 is 1.88 bits per heavy atom. The minimum atomic E-state index is -4.88. The van der Waals surface area contributed by atoms with Gasteiger partial charge in [-0.05, 0) is 20.8 Å². The molecule has 0 fully saturated rings. The second kappa shape index (κ2) is 4.52. The molecule has 2 amide bonds. The standard InChI is InChI=1S/C9H16F3N3O2/c1-7(2,4-5(13)16)15-6(17)8(3,14)9(10,11)12/h4,14H2,1-3H3,(H2,13,16)(H,15,17). The van der Waals surface area contributed by atoms with Crippen molar-refractivity contribution < 1.29 is 22.8 Å². The number of rotatable bonds is 4. The quantitative estimate of drug-likeness (QED) is 0.661. The fraction of sp³-hybridized carbons (Fsp3) is 0.778. The maximum Gasteiger partial charge on any atom is 0.415 e. The third kappa shape index (κ3) is 4.22. The number of carbonyl (C=O) groups is 2. The van der Waals surface area contributed by atoms with Crippen molar-refractivity contribution in [2.75, 3.05) is 0 Å². The van der Waals surface area contributed by atoms with Crippen molar-refractivity contribution in [2.24, 2.45) is 11.5 Å². The van der Waals surface area contributed by atoms with Crippen LogP contribution in [0.25, 0.3) is 0 Å². The number of amides is 2. The summed E-state index contributed by atoms with van der Waals surface area (Å²) in [6.07, 6.45) is -5.16. The summed E-state index contributed by atoms with van der Waals surface area (Å²) in [6, 6.07) is 0. The van der Waals surface area contributed by atoms with E-state index < -0.39 is 29.1 Å². The first-order chi connectivity index (χ1) is 7.29. The molecule has 0 aliphatic heterocycles. The van der Waals surface area contributed by atoms with Crippen LogP contribution in [0.3, 0.4) is 0 Å². The smallest absolute Gasteiger partial charge is 0.370 e. The zero-order valence-corrected chi connectivity index (χ0v) is 9.81. The average Bonchev–Trinajstić information content (AvgIpc) is 1.97. The van der Waals surface area contributed by atoms with E-state index in [0.717, 1.165) is 0 Å². The molecule has 0 aromatic rings. The second-order valence-electron chi connectivity index (χ2n) is 4.68. The van der Waals surface area contributed by atoms with Gasteiger partial charge in [0.15, 0.2) is 5.54 Å². The van der Waals surface area contributed by atoms with E-state index in [2.05, 4.69) is 0 Å². The third-order valence-corrected chi connectivity index (χ3v) is 2.13. The molecule has 0 radical (unpaired) electrons. The molecule has 0 aliphatic rings. The number of hydrogen-bond acceptors (Lipinski definition) is 3. The van der Waals surface area contributed by atoms with Gasteiger partial charge in [-0.25, -0.2) is 0 Å². The molecule has 100 valence electrons. The van der Waals surface area contributed by atoms with Crippen molar-refractivity contribution in [3.63, 3.8) is 0 Å². The molecule has 0 aliphatic carbocycles. The van der Waals surface area contributed by atoms with Crippen LogP contribution in [0.4, 0.5) is 13.2 Å². The Kier molecular flexibility index (Phi) is 4.17. The molecule has 0 aromatic carbocycles. The normalized spacial score (nSPS) is 16.2. The van der Waals surface area contributed by atoms with Crippen LogP contribution in [-0.4, -0.2) is 29.1 Å². The van der Waals surface area contributed by atoms with Crippen LogP contribution in [0, 0.1) is 0 Å². The molecule has 1 atom stereocenters. The molecule has 8 heteroatoms. The summed E-state index contributed by atoms with van der Waals surface area (Å²) < 4.78 is 37.3. The van der Waals surface area contributed by atoms with Gasteiger partial charge in [-0.15, -0.1) is 0 Å². The summed E-state index contributed by atoms with van der Waals surface area (Å²) in [6.45, 7) is 3.31. The van der Waals surface area contributed by atoms with E-state index in [9.17, 15) is 22.8 Å². The zero-order chi connectivity index (χ0) is 14.1. The molecular weight excluding hydrogens is 239 g/mol. The Morgan fingerprint density at radius 1 is 1.18 bits per heavy atom. The molecule has 17 heavy (non-hydrogen) atoms. The highest BCUT2D eigenvalue weighted by Gasteiger charge is 2.54. The largest absolute Gasteiger partial charge is 0.415 e. The van der Waals surface area contributed by atoms with E-state index in [1.807, 2.05) is 5.32 Å². The van der Waals surface area contributed by atoms with Gasteiger partial charge >= 0.3 is 6.18 Å². The number of alkyl halides is 3. The molecule has 5 nitrogen and oxygen atoms in total. The minimum Gasteiger partial charge on any atom is -0.370 e. The van der Waals surface area contributed by atoms with Crippen molar-refractivity contribution in [2.45, 2.75) is 44.4 Å². The second-order valence-corrected chi connectivity index (χ2v) is 4.68. The molecular formula is C9H16F3N3O2. The van der Waals surface area contributed by atoms with Gasteiger partial charge in [-0.3, -0.25) is 9.59 Å². The molecule has 0 heterocycles. The van der Waals surface area contributed by atoms with E-state index >= 15 is 0 Å². The van der Waals surface area contributed by atoms with Crippen molar-refractivity contribution in [1.82, 2.24) is 5.32 Å². The monoisotopic (exact) mass is 255 g/mol. The van der Waals surface area contributed by atoms with Gasteiger partial charge in [-0.1, -0.05) is 0 Å². The van der Waals surface area contributed by atoms with E-state index in [4.69, 9.17) is 11.5 Å². The van der Waals surface area contributed by atoms with Crippen LogP contribution in [0.2, 0.25) is 0 Å². The third-order valence-electron chi connectivity index (χ3n) is 2.13. The van der Waals surface area contributed by atoms with Crippen molar-refractivity contribution in [1.29, 1.82) is 0 Å². The predicted molar refractivity (Wildman–Crippen MR) is 54.7 cm³/mol. The van der Waals surface area contributed by atoms with Crippen molar-refractivity contribution >= 4 is 11.8 Å². The molecule has 0 aromatic heterocycles. The number of primary amides is 1. The van der Waals surface area contributed by atoms with Gasteiger partial charge in [0.1, 0.15) is 0 Å². The van der Waals surface area contributed by atoms with Gasteiger partial charge < -0.3 is 16.8 Å². The molecule has 0 saturated carbocycles. The molecule has 5 N–H and O–H groups in total. The lowest BCUT2D eigenvalue weighted by atomic mass is 9.96. The van der Waals surface area contributed by atoms with E-state index in [0.29, 0.717) is 6.92 Å². The maximum absolute atomic E-state index is 12.4. The SMILES string of the molecule is CC(C)(CC(N)=O)NC(=O)C(C)(N)C(F)(F)F. The Balaban J connectivity index is 4.82. The zero-order valence-electron chi connectivity index (χ0n) is 9.81. The van der Waals surface area contributed by atoms with Gasteiger partial charge in [0.2, 0.25) is 11.8 Å².